The van der Waals surface area contributed by atoms with E-state index in [1.165, 1.54) is 5.56 Å². The van der Waals surface area contributed by atoms with Crippen molar-refractivity contribution in [2.75, 3.05) is 19.6 Å². The maximum Gasteiger partial charge on any atom is 0.222 e. The zero-order valence-electron chi connectivity index (χ0n) is 12.1. The number of benzene rings is 1. The molecule has 0 aliphatic heterocycles. The molecule has 19 heavy (non-hydrogen) atoms. The molecule has 0 bridgehead atoms. The van der Waals surface area contributed by atoms with E-state index in [0.29, 0.717) is 18.9 Å². The number of carbonyl (C=O) groups is 1. The molecule has 0 fully saturated rings. The standard InChI is InChI=1S/C16H26N2O/c1-3-14(13-17)12-16(19)18(4-2)11-10-15-8-6-5-7-9-15/h5-9,14H,3-4,10-13,17H2,1-2H3. The smallest absolute Gasteiger partial charge is 0.222 e. The van der Waals surface area contributed by atoms with E-state index in [1.54, 1.807) is 0 Å². The van der Waals surface area contributed by atoms with Gasteiger partial charge in [0.25, 0.3) is 0 Å². The number of rotatable bonds is 8. The minimum Gasteiger partial charge on any atom is -0.343 e. The fourth-order valence-corrected chi connectivity index (χ4v) is 2.14. The molecular formula is C16H26N2O. The van der Waals surface area contributed by atoms with Gasteiger partial charge in [0, 0.05) is 19.5 Å². The molecule has 0 spiro atoms. The van der Waals surface area contributed by atoms with Crippen LogP contribution in [0.25, 0.3) is 0 Å². The molecule has 1 unspecified atom stereocenters. The molecule has 0 heterocycles. The molecule has 0 aliphatic carbocycles. The fourth-order valence-electron chi connectivity index (χ4n) is 2.14. The first-order valence-corrected chi connectivity index (χ1v) is 7.23. The Balaban J connectivity index is 2.46. The molecule has 3 heteroatoms. The van der Waals surface area contributed by atoms with Crippen molar-refractivity contribution in [1.29, 1.82) is 0 Å². The number of hydrogen-bond acceptors (Lipinski definition) is 2. The van der Waals surface area contributed by atoms with Crippen LogP contribution in [0, 0.1) is 5.92 Å². The SMILES string of the molecule is CCC(CN)CC(=O)N(CC)CCc1ccccc1. The molecule has 106 valence electrons. The van der Waals surface area contributed by atoms with Gasteiger partial charge in [0.2, 0.25) is 5.91 Å². The minimum atomic E-state index is 0.232. The van der Waals surface area contributed by atoms with Gasteiger partial charge in [-0.1, -0.05) is 43.7 Å². The predicted molar refractivity (Wildman–Crippen MR) is 79.9 cm³/mol. The summed E-state index contributed by atoms with van der Waals surface area (Å²) in [6.45, 7) is 6.28. The highest BCUT2D eigenvalue weighted by molar-refractivity contribution is 5.76. The van der Waals surface area contributed by atoms with E-state index in [1.807, 2.05) is 30.0 Å². The lowest BCUT2D eigenvalue weighted by atomic mass is 10.0. The molecule has 0 aliphatic rings. The van der Waals surface area contributed by atoms with Crippen molar-refractivity contribution in [1.82, 2.24) is 4.90 Å². The highest BCUT2D eigenvalue weighted by Gasteiger charge is 2.16. The zero-order valence-corrected chi connectivity index (χ0v) is 12.1. The van der Waals surface area contributed by atoms with Gasteiger partial charge in [-0.2, -0.15) is 0 Å². The molecule has 1 atom stereocenters. The Morgan fingerprint density at radius 3 is 2.47 bits per heavy atom. The first-order valence-electron chi connectivity index (χ1n) is 7.23. The molecule has 2 N–H and O–H groups in total. The predicted octanol–water partition coefficient (Wildman–Crippen LogP) is 2.45. The van der Waals surface area contributed by atoms with E-state index < -0.39 is 0 Å². The van der Waals surface area contributed by atoms with Crippen LogP contribution >= 0.6 is 0 Å². The third-order valence-corrected chi connectivity index (χ3v) is 3.62. The lowest BCUT2D eigenvalue weighted by molar-refractivity contribution is -0.132. The fraction of sp³-hybridized carbons (Fsp3) is 0.562. The average Bonchev–Trinajstić information content (AvgIpc) is 2.46. The minimum absolute atomic E-state index is 0.232. The van der Waals surface area contributed by atoms with Crippen molar-refractivity contribution in [3.63, 3.8) is 0 Å². The van der Waals surface area contributed by atoms with E-state index in [0.717, 1.165) is 25.9 Å². The van der Waals surface area contributed by atoms with Gasteiger partial charge in [0.15, 0.2) is 0 Å². The summed E-state index contributed by atoms with van der Waals surface area (Å²) in [6, 6.07) is 10.3. The van der Waals surface area contributed by atoms with Crippen molar-refractivity contribution in [3.05, 3.63) is 35.9 Å². The third-order valence-electron chi connectivity index (χ3n) is 3.62. The van der Waals surface area contributed by atoms with Gasteiger partial charge in [0.1, 0.15) is 0 Å². The number of nitrogens with zero attached hydrogens (tertiary/aromatic N) is 1. The van der Waals surface area contributed by atoms with Crippen molar-refractivity contribution in [2.24, 2.45) is 11.7 Å². The van der Waals surface area contributed by atoms with Gasteiger partial charge in [-0.05, 0) is 31.4 Å². The Hall–Kier alpha value is -1.35. The maximum absolute atomic E-state index is 12.2. The van der Waals surface area contributed by atoms with E-state index in [-0.39, 0.29) is 5.91 Å². The Morgan fingerprint density at radius 2 is 1.95 bits per heavy atom. The van der Waals surface area contributed by atoms with Crippen LogP contribution in [0.5, 0.6) is 0 Å². The first kappa shape index (κ1) is 15.7. The number of carbonyl (C=O) groups excluding carboxylic acids is 1. The van der Waals surface area contributed by atoms with Crippen molar-refractivity contribution in [2.45, 2.75) is 33.1 Å². The summed E-state index contributed by atoms with van der Waals surface area (Å²) in [7, 11) is 0. The molecule has 0 saturated heterocycles. The second-order valence-electron chi connectivity index (χ2n) is 4.92. The molecular weight excluding hydrogens is 236 g/mol. The van der Waals surface area contributed by atoms with E-state index in [9.17, 15) is 4.79 Å². The average molecular weight is 262 g/mol. The summed E-state index contributed by atoms with van der Waals surface area (Å²) in [5.41, 5.74) is 6.94. The molecule has 0 aromatic heterocycles. The van der Waals surface area contributed by atoms with E-state index in [2.05, 4.69) is 19.1 Å². The lowest BCUT2D eigenvalue weighted by Gasteiger charge is -2.23. The maximum atomic E-state index is 12.2. The monoisotopic (exact) mass is 262 g/mol. The Kier molecular flexibility index (Phi) is 7.19. The largest absolute Gasteiger partial charge is 0.343 e. The van der Waals surface area contributed by atoms with Crippen LogP contribution in [0.1, 0.15) is 32.3 Å². The third kappa shape index (κ3) is 5.43. The van der Waals surface area contributed by atoms with E-state index >= 15 is 0 Å². The van der Waals surface area contributed by atoms with Gasteiger partial charge >= 0.3 is 0 Å². The second-order valence-corrected chi connectivity index (χ2v) is 4.92. The molecule has 1 aromatic rings. The highest BCUT2D eigenvalue weighted by atomic mass is 16.2. The second kappa shape index (κ2) is 8.70. The summed E-state index contributed by atoms with van der Waals surface area (Å²) in [6.07, 6.45) is 2.47. The molecule has 1 aromatic carbocycles. The Labute approximate surface area is 116 Å². The highest BCUT2D eigenvalue weighted by Crippen LogP contribution is 2.10. The van der Waals surface area contributed by atoms with Crippen LogP contribution in [0.3, 0.4) is 0 Å². The van der Waals surface area contributed by atoms with Crippen molar-refractivity contribution < 1.29 is 4.79 Å². The molecule has 0 radical (unpaired) electrons. The molecule has 0 saturated carbocycles. The van der Waals surface area contributed by atoms with Gasteiger partial charge in [-0.15, -0.1) is 0 Å². The zero-order chi connectivity index (χ0) is 14.1. The topological polar surface area (TPSA) is 46.3 Å². The number of likely N-dealkylation sites (N-methyl/N-ethyl adjacent to an activating group) is 1. The van der Waals surface area contributed by atoms with Gasteiger partial charge in [0.05, 0.1) is 0 Å². The summed E-state index contributed by atoms with van der Waals surface area (Å²) in [4.78, 5) is 14.1. The van der Waals surface area contributed by atoms with Crippen LogP contribution in [-0.4, -0.2) is 30.4 Å². The number of nitrogens with two attached hydrogens (primary N) is 1. The molecule has 1 rings (SSSR count). The lowest BCUT2D eigenvalue weighted by Crippen LogP contribution is -2.35. The van der Waals surface area contributed by atoms with Crippen LogP contribution in [-0.2, 0) is 11.2 Å². The van der Waals surface area contributed by atoms with Crippen LogP contribution in [0.4, 0.5) is 0 Å². The summed E-state index contributed by atoms with van der Waals surface area (Å²) in [5.74, 6) is 0.550. The van der Waals surface area contributed by atoms with Gasteiger partial charge in [-0.3, -0.25) is 4.79 Å². The Bertz CT molecular complexity index is 360. The van der Waals surface area contributed by atoms with Gasteiger partial charge in [-0.25, -0.2) is 0 Å². The van der Waals surface area contributed by atoms with Crippen LogP contribution in [0.2, 0.25) is 0 Å². The van der Waals surface area contributed by atoms with Crippen molar-refractivity contribution in [3.8, 4) is 0 Å². The normalized spacial score (nSPS) is 12.2. The van der Waals surface area contributed by atoms with Crippen molar-refractivity contribution >= 4 is 5.91 Å². The molecule has 3 nitrogen and oxygen atoms in total. The van der Waals surface area contributed by atoms with Crippen LogP contribution in [0.15, 0.2) is 30.3 Å². The van der Waals surface area contributed by atoms with E-state index in [4.69, 9.17) is 5.73 Å². The van der Waals surface area contributed by atoms with Gasteiger partial charge < -0.3 is 10.6 Å². The first-order chi connectivity index (χ1) is 9.21. The Morgan fingerprint density at radius 1 is 1.26 bits per heavy atom. The number of amides is 1. The number of hydrogen-bond donors (Lipinski definition) is 1. The van der Waals surface area contributed by atoms with Crippen LogP contribution < -0.4 is 5.73 Å². The molecule has 1 amide bonds. The summed E-state index contributed by atoms with van der Waals surface area (Å²) in [5, 5.41) is 0. The summed E-state index contributed by atoms with van der Waals surface area (Å²) < 4.78 is 0. The quantitative estimate of drug-likeness (QED) is 0.782. The summed E-state index contributed by atoms with van der Waals surface area (Å²) >= 11 is 0.